The Morgan fingerprint density at radius 2 is 1.80 bits per heavy atom. The van der Waals surface area contributed by atoms with Gasteiger partial charge in [0.15, 0.2) is 0 Å². The molecule has 1 N–H and O–H groups in total. The molecule has 0 saturated heterocycles. The molecule has 0 aromatic heterocycles. The van der Waals surface area contributed by atoms with E-state index in [0.717, 1.165) is 16.9 Å². The van der Waals surface area contributed by atoms with E-state index in [9.17, 15) is 4.79 Å². The molecule has 1 aliphatic rings. The van der Waals surface area contributed by atoms with Gasteiger partial charge in [0.2, 0.25) is 5.91 Å². The maximum atomic E-state index is 12.7. The summed E-state index contributed by atoms with van der Waals surface area (Å²) in [5.41, 5.74) is 4.23. The molecule has 3 nitrogen and oxygen atoms in total. The maximum absolute atomic E-state index is 12.7. The second-order valence-corrected chi connectivity index (χ2v) is 5.24. The molecular weight excluding hydrogens is 248 g/mol. The lowest BCUT2D eigenvalue weighted by molar-refractivity contribution is -0.119. The number of aryl methyl sites for hydroxylation is 1. The van der Waals surface area contributed by atoms with Crippen molar-refractivity contribution in [1.82, 2.24) is 5.32 Å². The van der Waals surface area contributed by atoms with Crippen molar-refractivity contribution >= 4 is 17.3 Å². The van der Waals surface area contributed by atoms with Crippen LogP contribution in [0, 0.1) is 6.92 Å². The summed E-state index contributed by atoms with van der Waals surface area (Å²) in [6.07, 6.45) is 0. The highest BCUT2D eigenvalue weighted by Gasteiger charge is 2.27. The monoisotopic (exact) mass is 266 g/mol. The Hall–Kier alpha value is -2.13. The Morgan fingerprint density at radius 1 is 1.10 bits per heavy atom. The SMILES string of the molecule is Cc1ccc(N2C(=O)C(C)NCc3ccccc32)cc1. The Labute approximate surface area is 119 Å². The molecule has 0 aliphatic carbocycles. The molecule has 1 unspecified atom stereocenters. The van der Waals surface area contributed by atoms with Gasteiger partial charge >= 0.3 is 0 Å². The number of amides is 1. The normalized spacial score (nSPS) is 18.6. The number of nitrogens with one attached hydrogen (secondary N) is 1. The van der Waals surface area contributed by atoms with Gasteiger partial charge in [0.25, 0.3) is 0 Å². The number of hydrogen-bond donors (Lipinski definition) is 1. The second-order valence-electron chi connectivity index (χ2n) is 5.24. The van der Waals surface area contributed by atoms with Crippen LogP contribution in [0.1, 0.15) is 18.1 Å². The van der Waals surface area contributed by atoms with Crippen LogP contribution in [0.3, 0.4) is 0 Å². The van der Waals surface area contributed by atoms with Crippen LogP contribution in [-0.4, -0.2) is 11.9 Å². The van der Waals surface area contributed by atoms with Gasteiger partial charge in [-0.15, -0.1) is 0 Å². The first kappa shape index (κ1) is 12.9. The molecule has 1 atom stereocenters. The summed E-state index contributed by atoms with van der Waals surface area (Å²) in [5, 5.41) is 3.27. The van der Waals surface area contributed by atoms with E-state index in [2.05, 4.69) is 11.4 Å². The van der Waals surface area contributed by atoms with E-state index in [4.69, 9.17) is 0 Å². The van der Waals surface area contributed by atoms with Gasteiger partial charge in [0.05, 0.1) is 11.7 Å². The summed E-state index contributed by atoms with van der Waals surface area (Å²) >= 11 is 0. The number of benzene rings is 2. The topological polar surface area (TPSA) is 32.3 Å². The van der Waals surface area contributed by atoms with Crippen molar-refractivity contribution in [3.05, 3.63) is 59.7 Å². The van der Waals surface area contributed by atoms with Crippen molar-refractivity contribution in [2.24, 2.45) is 0 Å². The van der Waals surface area contributed by atoms with Gasteiger partial charge < -0.3 is 5.32 Å². The minimum absolute atomic E-state index is 0.0822. The van der Waals surface area contributed by atoms with Gasteiger partial charge in [0.1, 0.15) is 0 Å². The average molecular weight is 266 g/mol. The Balaban J connectivity index is 2.14. The van der Waals surface area contributed by atoms with E-state index in [1.54, 1.807) is 0 Å². The van der Waals surface area contributed by atoms with Crippen molar-refractivity contribution in [3.8, 4) is 0 Å². The summed E-state index contributed by atoms with van der Waals surface area (Å²) in [7, 11) is 0. The lowest BCUT2D eigenvalue weighted by atomic mass is 10.1. The molecule has 0 fully saturated rings. The first-order valence-electron chi connectivity index (χ1n) is 6.89. The third-order valence-corrected chi connectivity index (χ3v) is 3.71. The predicted molar refractivity (Wildman–Crippen MR) is 81.1 cm³/mol. The number of hydrogen-bond acceptors (Lipinski definition) is 2. The van der Waals surface area contributed by atoms with E-state index < -0.39 is 0 Å². The van der Waals surface area contributed by atoms with Gasteiger partial charge in [-0.2, -0.15) is 0 Å². The molecule has 1 amide bonds. The number of carbonyl (C=O) groups excluding carboxylic acids is 1. The number of para-hydroxylation sites is 1. The predicted octanol–water partition coefficient (Wildman–Crippen LogP) is 3.15. The van der Waals surface area contributed by atoms with Crippen LogP contribution in [0.15, 0.2) is 48.5 Å². The van der Waals surface area contributed by atoms with Crippen molar-refractivity contribution in [1.29, 1.82) is 0 Å². The van der Waals surface area contributed by atoms with E-state index in [0.29, 0.717) is 6.54 Å². The zero-order valence-electron chi connectivity index (χ0n) is 11.8. The highest BCUT2D eigenvalue weighted by Crippen LogP contribution is 2.31. The van der Waals surface area contributed by atoms with Crippen LogP contribution >= 0.6 is 0 Å². The van der Waals surface area contributed by atoms with Gasteiger partial charge in [-0.05, 0) is 37.6 Å². The van der Waals surface area contributed by atoms with Crippen molar-refractivity contribution in [3.63, 3.8) is 0 Å². The third kappa shape index (κ3) is 2.21. The Morgan fingerprint density at radius 3 is 2.55 bits per heavy atom. The van der Waals surface area contributed by atoms with Crippen molar-refractivity contribution in [2.45, 2.75) is 26.4 Å². The van der Waals surface area contributed by atoms with E-state index in [-0.39, 0.29) is 11.9 Å². The van der Waals surface area contributed by atoms with Crippen LogP contribution in [0.2, 0.25) is 0 Å². The molecule has 0 spiro atoms. The van der Waals surface area contributed by atoms with Crippen LogP contribution in [0.4, 0.5) is 11.4 Å². The second kappa shape index (κ2) is 5.10. The van der Waals surface area contributed by atoms with E-state index in [1.165, 1.54) is 5.56 Å². The number of rotatable bonds is 1. The summed E-state index contributed by atoms with van der Waals surface area (Å²) in [4.78, 5) is 14.5. The standard InChI is InChI=1S/C17H18N2O/c1-12-7-9-15(10-8-12)19-16-6-4-3-5-14(16)11-18-13(2)17(19)20/h3-10,13,18H,11H2,1-2H3. The summed E-state index contributed by atoms with van der Waals surface area (Å²) in [6, 6.07) is 15.9. The van der Waals surface area contributed by atoms with Crippen molar-refractivity contribution < 1.29 is 4.79 Å². The minimum Gasteiger partial charge on any atom is -0.302 e. The lowest BCUT2D eigenvalue weighted by Gasteiger charge is -2.24. The van der Waals surface area contributed by atoms with Gasteiger partial charge in [-0.1, -0.05) is 35.9 Å². The number of anilines is 2. The minimum atomic E-state index is -0.191. The highest BCUT2D eigenvalue weighted by atomic mass is 16.2. The number of fused-ring (bicyclic) bond motifs is 1. The first-order valence-corrected chi connectivity index (χ1v) is 6.89. The lowest BCUT2D eigenvalue weighted by Crippen LogP contribution is -2.39. The Bertz CT molecular complexity index is 634. The van der Waals surface area contributed by atoms with Crippen LogP contribution in [-0.2, 0) is 11.3 Å². The summed E-state index contributed by atoms with van der Waals surface area (Å²) < 4.78 is 0. The fraction of sp³-hybridized carbons (Fsp3) is 0.235. The molecule has 0 saturated carbocycles. The van der Waals surface area contributed by atoms with Gasteiger partial charge in [-0.3, -0.25) is 9.69 Å². The van der Waals surface area contributed by atoms with Crippen molar-refractivity contribution in [2.75, 3.05) is 4.90 Å². The molecule has 20 heavy (non-hydrogen) atoms. The fourth-order valence-corrected chi connectivity index (χ4v) is 2.50. The highest BCUT2D eigenvalue weighted by molar-refractivity contribution is 6.04. The molecule has 0 bridgehead atoms. The largest absolute Gasteiger partial charge is 0.302 e. The number of carbonyl (C=O) groups is 1. The van der Waals surface area contributed by atoms with Gasteiger partial charge in [-0.25, -0.2) is 0 Å². The molecule has 1 aliphatic heterocycles. The average Bonchev–Trinajstić information content (AvgIpc) is 2.59. The zero-order valence-corrected chi connectivity index (χ0v) is 11.8. The molecule has 2 aromatic rings. The fourth-order valence-electron chi connectivity index (χ4n) is 2.50. The van der Waals surface area contributed by atoms with Gasteiger partial charge in [0, 0.05) is 12.2 Å². The molecule has 0 radical (unpaired) electrons. The smallest absolute Gasteiger partial charge is 0.248 e. The van der Waals surface area contributed by atoms with Crippen LogP contribution < -0.4 is 10.2 Å². The quantitative estimate of drug-likeness (QED) is 0.860. The maximum Gasteiger partial charge on any atom is 0.248 e. The van der Waals surface area contributed by atoms with E-state index in [1.807, 2.05) is 61.2 Å². The molecule has 1 heterocycles. The zero-order chi connectivity index (χ0) is 14.1. The molecule has 3 heteroatoms. The molecular formula is C17H18N2O. The third-order valence-electron chi connectivity index (χ3n) is 3.71. The molecule has 2 aromatic carbocycles. The Kier molecular flexibility index (Phi) is 3.28. The molecule has 102 valence electrons. The summed E-state index contributed by atoms with van der Waals surface area (Å²) in [6.45, 7) is 4.67. The first-order chi connectivity index (χ1) is 9.66. The van der Waals surface area contributed by atoms with Crippen LogP contribution in [0.5, 0.6) is 0 Å². The molecule has 3 rings (SSSR count). The van der Waals surface area contributed by atoms with Crippen LogP contribution in [0.25, 0.3) is 0 Å². The number of nitrogens with zero attached hydrogens (tertiary/aromatic N) is 1. The summed E-state index contributed by atoms with van der Waals surface area (Å²) in [5.74, 6) is 0.0822. The van der Waals surface area contributed by atoms with E-state index >= 15 is 0 Å².